The van der Waals surface area contributed by atoms with Gasteiger partial charge < -0.3 is 19.5 Å². The van der Waals surface area contributed by atoms with Crippen molar-refractivity contribution in [3.63, 3.8) is 0 Å². The molecule has 190 valence electrons. The number of benzene rings is 2. The highest BCUT2D eigenvalue weighted by atomic mass is 79.9. The Balaban J connectivity index is 1.71. The molecule has 36 heavy (non-hydrogen) atoms. The zero-order valence-corrected chi connectivity index (χ0v) is 23.3. The van der Waals surface area contributed by atoms with E-state index in [4.69, 9.17) is 19.3 Å². The van der Waals surface area contributed by atoms with Crippen molar-refractivity contribution < 1.29 is 19.0 Å². The van der Waals surface area contributed by atoms with Crippen molar-refractivity contribution in [3.05, 3.63) is 69.3 Å². The lowest BCUT2D eigenvalue weighted by Gasteiger charge is -2.29. The third kappa shape index (κ3) is 5.70. The normalized spacial score (nSPS) is 14.9. The molecular weight excluding hydrogens is 544 g/mol. The van der Waals surface area contributed by atoms with Gasteiger partial charge in [0.15, 0.2) is 11.5 Å². The fourth-order valence-electron chi connectivity index (χ4n) is 3.89. The number of allylic oxidation sites excluding steroid dienone is 1. The number of anilines is 1. The maximum absolute atomic E-state index is 13.2. The van der Waals surface area contributed by atoms with Gasteiger partial charge in [0, 0.05) is 10.2 Å². The van der Waals surface area contributed by atoms with E-state index in [0.29, 0.717) is 40.5 Å². The van der Waals surface area contributed by atoms with Crippen LogP contribution in [-0.4, -0.2) is 39.7 Å². The van der Waals surface area contributed by atoms with E-state index < -0.39 is 12.0 Å². The van der Waals surface area contributed by atoms with E-state index >= 15 is 0 Å². The molecule has 8 nitrogen and oxygen atoms in total. The number of hydrogen-bond donors (Lipinski definition) is 1. The minimum Gasteiger partial charge on any atom is -0.493 e. The molecule has 1 aliphatic heterocycles. The molecule has 1 aliphatic rings. The molecule has 1 unspecified atom stereocenters. The van der Waals surface area contributed by atoms with Gasteiger partial charge in [-0.1, -0.05) is 52.8 Å². The standard InChI is InChI=1S/C26H29BrN4O4S/c1-6-36-26-29-25-28-16(4)22(24(32)35-15(2)3)23(31(25)30-26)18-9-12-20(21(13-18)33-5)34-14-17-7-10-19(27)11-8-17/h7-13,15,23H,6,14H2,1-5H3,(H,28,29,30). The summed E-state index contributed by atoms with van der Waals surface area (Å²) >= 11 is 4.99. The van der Waals surface area contributed by atoms with Crippen LogP contribution in [0.4, 0.5) is 5.95 Å². The molecule has 4 rings (SSSR count). The van der Waals surface area contributed by atoms with Crippen molar-refractivity contribution in [1.82, 2.24) is 14.8 Å². The average molecular weight is 574 g/mol. The highest BCUT2D eigenvalue weighted by Crippen LogP contribution is 2.40. The number of ether oxygens (including phenoxy) is 3. The van der Waals surface area contributed by atoms with Gasteiger partial charge in [0.2, 0.25) is 11.1 Å². The van der Waals surface area contributed by atoms with Gasteiger partial charge in [-0.25, -0.2) is 9.48 Å². The Labute approximate surface area is 223 Å². The number of fused-ring (bicyclic) bond motifs is 1. The van der Waals surface area contributed by atoms with Crippen molar-refractivity contribution >= 4 is 39.6 Å². The number of thioether (sulfide) groups is 1. The summed E-state index contributed by atoms with van der Waals surface area (Å²) in [6, 6.07) is 13.1. The Kier molecular flexibility index (Phi) is 8.25. The second-order valence-electron chi connectivity index (χ2n) is 8.44. The summed E-state index contributed by atoms with van der Waals surface area (Å²) < 4.78 is 20.1. The van der Waals surface area contributed by atoms with Crippen LogP contribution in [0.15, 0.2) is 63.4 Å². The lowest BCUT2D eigenvalue weighted by molar-refractivity contribution is -0.143. The predicted octanol–water partition coefficient (Wildman–Crippen LogP) is 5.98. The summed E-state index contributed by atoms with van der Waals surface area (Å²) in [5.41, 5.74) is 2.99. The first-order chi connectivity index (χ1) is 17.3. The number of rotatable bonds is 9. The van der Waals surface area contributed by atoms with Gasteiger partial charge in [-0.3, -0.25) is 0 Å². The summed E-state index contributed by atoms with van der Waals surface area (Å²) in [5, 5.41) is 8.55. The third-order valence-corrected chi connectivity index (χ3v) is 6.73. The Morgan fingerprint density at radius 3 is 2.61 bits per heavy atom. The summed E-state index contributed by atoms with van der Waals surface area (Å²) in [4.78, 5) is 17.8. The molecule has 0 aliphatic carbocycles. The number of carbonyl (C=O) groups excluding carboxylic acids is 1. The number of esters is 1. The number of aromatic nitrogens is 3. The van der Waals surface area contributed by atoms with E-state index in [2.05, 4.69) is 26.2 Å². The number of methoxy groups -OCH3 is 1. The van der Waals surface area contributed by atoms with Crippen molar-refractivity contribution in [2.24, 2.45) is 0 Å². The Morgan fingerprint density at radius 1 is 1.19 bits per heavy atom. The SMILES string of the molecule is CCSc1nc2n(n1)C(c1ccc(OCc3ccc(Br)cc3)c(OC)c1)C(C(=O)OC(C)C)=C(C)N2. The first kappa shape index (κ1) is 26.1. The smallest absolute Gasteiger partial charge is 0.338 e. The Morgan fingerprint density at radius 2 is 1.94 bits per heavy atom. The van der Waals surface area contributed by atoms with Gasteiger partial charge in [0.25, 0.3) is 0 Å². The average Bonchev–Trinajstić information content (AvgIpc) is 3.24. The molecule has 3 aromatic rings. The van der Waals surface area contributed by atoms with Gasteiger partial charge in [0.05, 0.1) is 18.8 Å². The van der Waals surface area contributed by atoms with Crippen LogP contribution in [0.2, 0.25) is 0 Å². The van der Waals surface area contributed by atoms with Crippen LogP contribution in [0.25, 0.3) is 0 Å². The largest absolute Gasteiger partial charge is 0.493 e. The predicted molar refractivity (Wildman–Crippen MR) is 144 cm³/mol. The number of nitrogens with zero attached hydrogens (tertiary/aromatic N) is 3. The van der Waals surface area contributed by atoms with Crippen LogP contribution in [-0.2, 0) is 16.1 Å². The zero-order chi connectivity index (χ0) is 25.8. The molecular formula is C26H29BrN4O4S. The number of hydrogen-bond acceptors (Lipinski definition) is 8. The number of carbonyl (C=O) groups is 1. The van der Waals surface area contributed by atoms with Crippen LogP contribution in [0.3, 0.4) is 0 Å². The molecule has 1 N–H and O–H groups in total. The van der Waals surface area contributed by atoms with Crippen LogP contribution in [0.5, 0.6) is 11.5 Å². The minimum atomic E-state index is -0.541. The third-order valence-electron chi connectivity index (χ3n) is 5.48. The van der Waals surface area contributed by atoms with Gasteiger partial charge in [-0.15, -0.1) is 5.10 Å². The summed E-state index contributed by atoms with van der Waals surface area (Å²) in [6.07, 6.45) is -0.259. The molecule has 0 radical (unpaired) electrons. The van der Waals surface area contributed by atoms with E-state index in [-0.39, 0.29) is 6.10 Å². The van der Waals surface area contributed by atoms with E-state index in [1.807, 2.05) is 70.2 Å². The maximum Gasteiger partial charge on any atom is 0.338 e. The second kappa shape index (κ2) is 11.4. The van der Waals surface area contributed by atoms with Gasteiger partial charge in [-0.05, 0) is 61.9 Å². The van der Waals surface area contributed by atoms with Crippen molar-refractivity contribution in [1.29, 1.82) is 0 Å². The summed E-state index contributed by atoms with van der Waals surface area (Å²) in [5.74, 6) is 2.17. The van der Waals surface area contributed by atoms with Crippen LogP contribution in [0, 0.1) is 0 Å². The monoisotopic (exact) mass is 572 g/mol. The lowest BCUT2D eigenvalue weighted by Crippen LogP contribution is -2.30. The minimum absolute atomic E-state index is 0.259. The van der Waals surface area contributed by atoms with Crippen molar-refractivity contribution in [2.75, 3.05) is 18.2 Å². The highest BCUT2D eigenvalue weighted by Gasteiger charge is 2.36. The molecule has 1 atom stereocenters. The van der Waals surface area contributed by atoms with Crippen LogP contribution < -0.4 is 14.8 Å². The molecule has 0 bridgehead atoms. The molecule has 2 heterocycles. The van der Waals surface area contributed by atoms with E-state index in [0.717, 1.165) is 21.4 Å². The van der Waals surface area contributed by atoms with E-state index in [9.17, 15) is 4.79 Å². The first-order valence-electron chi connectivity index (χ1n) is 11.6. The molecule has 0 spiro atoms. The molecule has 0 saturated heterocycles. The van der Waals surface area contributed by atoms with Gasteiger partial charge >= 0.3 is 5.97 Å². The quantitative estimate of drug-likeness (QED) is 0.247. The molecule has 10 heteroatoms. The summed E-state index contributed by atoms with van der Waals surface area (Å²) in [7, 11) is 1.60. The topological polar surface area (TPSA) is 87.5 Å². The highest BCUT2D eigenvalue weighted by molar-refractivity contribution is 9.10. The second-order valence-corrected chi connectivity index (χ2v) is 10.6. The zero-order valence-electron chi connectivity index (χ0n) is 20.9. The Hall–Kier alpha value is -2.98. The van der Waals surface area contributed by atoms with E-state index in [1.54, 1.807) is 11.8 Å². The first-order valence-corrected chi connectivity index (χ1v) is 13.4. The molecule has 1 aromatic heterocycles. The molecule has 0 saturated carbocycles. The van der Waals surface area contributed by atoms with Gasteiger partial charge in [-0.2, -0.15) is 4.98 Å². The fraction of sp³-hybridized carbons (Fsp3) is 0.346. The molecule has 0 amide bonds. The van der Waals surface area contributed by atoms with Gasteiger partial charge in [0.1, 0.15) is 12.6 Å². The lowest BCUT2D eigenvalue weighted by atomic mass is 9.95. The Bertz CT molecular complexity index is 1270. The summed E-state index contributed by atoms with van der Waals surface area (Å²) in [6.45, 7) is 7.95. The molecule has 0 fully saturated rings. The fourth-order valence-corrected chi connectivity index (χ4v) is 4.71. The number of halogens is 1. The molecule has 2 aromatic carbocycles. The van der Waals surface area contributed by atoms with Crippen molar-refractivity contribution in [3.8, 4) is 11.5 Å². The van der Waals surface area contributed by atoms with Crippen LogP contribution >= 0.6 is 27.7 Å². The van der Waals surface area contributed by atoms with Crippen molar-refractivity contribution in [2.45, 2.75) is 51.6 Å². The number of nitrogens with one attached hydrogen (secondary N) is 1. The van der Waals surface area contributed by atoms with E-state index in [1.165, 1.54) is 11.8 Å². The van der Waals surface area contributed by atoms with Crippen LogP contribution in [0.1, 0.15) is 44.9 Å². The maximum atomic E-state index is 13.2.